The average molecular weight is 587 g/mol. The molecule has 0 spiro atoms. The van der Waals surface area contributed by atoms with Crippen LogP contribution in [-0.2, 0) is 34.1 Å². The summed E-state index contributed by atoms with van der Waals surface area (Å²) < 4.78 is 6.09. The van der Waals surface area contributed by atoms with Crippen molar-refractivity contribution in [3.8, 4) is 11.1 Å². The number of benzene rings is 4. The Labute approximate surface area is 234 Å². The number of halogens is 2. The van der Waals surface area contributed by atoms with Crippen LogP contribution in [0.25, 0.3) is 16.7 Å². The zero-order chi connectivity index (χ0) is 22.9. The molecule has 0 N–H and O–H groups in total. The smallest absolute Gasteiger partial charge is 1.00 e. The molecule has 0 nitrogen and oxygen atoms in total. The Bertz CT molecular complexity index is 1450. The largest absolute Gasteiger partial charge is 1.00 e. The van der Waals surface area contributed by atoms with Gasteiger partial charge in [0.2, 0.25) is 0 Å². The van der Waals surface area contributed by atoms with Gasteiger partial charge in [0, 0.05) is 0 Å². The van der Waals surface area contributed by atoms with Crippen molar-refractivity contribution in [2.24, 2.45) is 5.92 Å². The van der Waals surface area contributed by atoms with Crippen LogP contribution in [0, 0.1) is 5.92 Å². The predicted molar refractivity (Wildman–Crippen MR) is 142 cm³/mol. The van der Waals surface area contributed by atoms with Crippen LogP contribution in [-0.4, -0.2) is 3.71 Å². The van der Waals surface area contributed by atoms with Gasteiger partial charge in [-0.1, -0.05) is 0 Å². The van der Waals surface area contributed by atoms with Gasteiger partial charge in [-0.15, -0.1) is 0 Å². The average Bonchev–Trinajstić information content (AvgIpc) is 3.46. The first-order chi connectivity index (χ1) is 16.8. The van der Waals surface area contributed by atoms with Crippen LogP contribution in [0.4, 0.5) is 0 Å². The Morgan fingerprint density at radius 1 is 0.750 bits per heavy atom. The number of hydrogen-bond donors (Lipinski definition) is 0. The fraction of sp³-hybridized carbons (Fsp3) is 0.121. The Morgan fingerprint density at radius 3 is 2.19 bits per heavy atom. The van der Waals surface area contributed by atoms with E-state index in [9.17, 15) is 0 Å². The fourth-order valence-electron chi connectivity index (χ4n) is 5.47. The van der Waals surface area contributed by atoms with Crippen molar-refractivity contribution in [2.75, 3.05) is 0 Å². The topological polar surface area (TPSA) is 0 Å². The molecule has 3 heteroatoms. The first-order valence-electron chi connectivity index (χ1n) is 12.2. The third kappa shape index (κ3) is 5.21. The molecule has 4 aromatic rings. The van der Waals surface area contributed by atoms with E-state index >= 15 is 0 Å². The van der Waals surface area contributed by atoms with Gasteiger partial charge in [-0.25, -0.2) is 0 Å². The minimum absolute atomic E-state index is 0. The van der Waals surface area contributed by atoms with Crippen LogP contribution in [0.3, 0.4) is 0 Å². The number of hydrogen-bond acceptors (Lipinski definition) is 0. The van der Waals surface area contributed by atoms with Crippen molar-refractivity contribution >= 4 is 12.6 Å². The first-order valence-corrected chi connectivity index (χ1v) is 16.1. The van der Waals surface area contributed by atoms with Crippen molar-refractivity contribution in [3.63, 3.8) is 0 Å². The molecule has 36 heavy (non-hydrogen) atoms. The van der Waals surface area contributed by atoms with E-state index in [0.717, 1.165) is 12.8 Å². The van der Waals surface area contributed by atoms with Crippen molar-refractivity contribution in [1.29, 1.82) is 0 Å². The van der Waals surface area contributed by atoms with Crippen LogP contribution >= 0.6 is 0 Å². The molecule has 0 amide bonds. The van der Waals surface area contributed by atoms with E-state index in [1.165, 1.54) is 33.4 Å². The Kier molecular flexibility index (Phi) is 8.79. The maximum absolute atomic E-state index is 2.74. The molecule has 0 bridgehead atoms. The first kappa shape index (κ1) is 26.7. The summed E-state index contributed by atoms with van der Waals surface area (Å²) in [5.74, 6) is 0.497. The monoisotopic (exact) mass is 584 g/mol. The van der Waals surface area contributed by atoms with Gasteiger partial charge in [-0.05, 0) is 0 Å². The van der Waals surface area contributed by atoms with Gasteiger partial charge >= 0.3 is 211 Å². The molecule has 1 unspecified atom stereocenters. The van der Waals surface area contributed by atoms with E-state index in [1.807, 2.05) is 0 Å². The molecule has 1 atom stereocenters. The number of allylic oxidation sites excluding steroid dienone is 4. The molecular formula is C33H28Cl2Zr. The van der Waals surface area contributed by atoms with E-state index in [4.69, 9.17) is 0 Å². The molecule has 0 saturated carbocycles. The van der Waals surface area contributed by atoms with Gasteiger partial charge in [0.25, 0.3) is 0 Å². The maximum Gasteiger partial charge on any atom is -1.00 e. The van der Waals surface area contributed by atoms with Crippen molar-refractivity contribution in [3.05, 3.63) is 141 Å². The molecule has 6 rings (SSSR count). The molecule has 178 valence electrons. The van der Waals surface area contributed by atoms with Crippen LogP contribution in [0.1, 0.15) is 29.2 Å². The third-order valence-corrected chi connectivity index (χ3v) is 14.3. The van der Waals surface area contributed by atoms with E-state index < -0.39 is 21.3 Å². The second kappa shape index (κ2) is 11.8. The van der Waals surface area contributed by atoms with Crippen LogP contribution in [0.2, 0.25) is 0 Å². The van der Waals surface area contributed by atoms with E-state index in [-0.39, 0.29) is 24.8 Å². The summed E-state index contributed by atoms with van der Waals surface area (Å²) in [5, 5.41) is 0. The van der Waals surface area contributed by atoms with Crippen LogP contribution in [0.15, 0.2) is 119 Å². The zero-order valence-electron chi connectivity index (χ0n) is 20.3. The molecule has 0 saturated heterocycles. The van der Waals surface area contributed by atoms with Crippen molar-refractivity contribution in [1.82, 2.24) is 0 Å². The number of fused-ring (bicyclic) bond motifs is 3. The molecule has 0 heterocycles. The summed E-state index contributed by atoms with van der Waals surface area (Å²) in [7, 11) is 0. The number of rotatable bonds is 5. The van der Waals surface area contributed by atoms with Gasteiger partial charge in [-0.2, -0.15) is 0 Å². The maximum atomic E-state index is 2.74. The quantitative estimate of drug-likeness (QED) is 0.290. The van der Waals surface area contributed by atoms with E-state index in [0.29, 0.717) is 5.92 Å². The van der Waals surface area contributed by atoms with Crippen molar-refractivity contribution < 1.29 is 46.1 Å². The van der Waals surface area contributed by atoms with Crippen LogP contribution < -0.4 is 28.1 Å². The minimum Gasteiger partial charge on any atom is -1.00 e. The summed E-state index contributed by atoms with van der Waals surface area (Å²) in [6.07, 6.45) is 7.15. The Morgan fingerprint density at radius 2 is 1.42 bits per heavy atom. The summed E-state index contributed by atoms with van der Waals surface area (Å²) >= 11 is -2.28. The van der Waals surface area contributed by atoms with E-state index in [2.05, 4.69) is 126 Å². The molecule has 4 aromatic carbocycles. The summed E-state index contributed by atoms with van der Waals surface area (Å²) in [6, 6.07) is 37.9. The summed E-state index contributed by atoms with van der Waals surface area (Å²) in [5.41, 5.74) is 10.1. The van der Waals surface area contributed by atoms with Gasteiger partial charge < -0.3 is 24.8 Å². The van der Waals surface area contributed by atoms with Gasteiger partial charge in [0.05, 0.1) is 0 Å². The van der Waals surface area contributed by atoms with Gasteiger partial charge in [0.1, 0.15) is 0 Å². The molecule has 2 aliphatic carbocycles. The summed E-state index contributed by atoms with van der Waals surface area (Å²) in [6.45, 7) is 2.40. The summed E-state index contributed by atoms with van der Waals surface area (Å²) in [4.78, 5) is 0. The molecule has 0 radical (unpaired) electrons. The van der Waals surface area contributed by atoms with E-state index in [1.54, 1.807) is 12.1 Å². The zero-order valence-corrected chi connectivity index (χ0v) is 24.3. The third-order valence-electron chi connectivity index (χ3n) is 7.17. The standard InChI is InChI=1S/C13H9.C12H11.C8H8.2ClH.Zr/c1-3-7-12-10(5-1)9-11-6-2-4-8-13(11)12;1-10-7-8-12(9-10)11-5-3-2-4-6-11;1-2-8-6-4-3-5-7-8;;;/h1-5,7-8H,9H2;2-6,8-10H,1H3;1,3-7H,2H2;2*1H;/q;;;;;+2/p-2. The minimum atomic E-state index is -2.28. The molecule has 0 aromatic heterocycles. The van der Waals surface area contributed by atoms with Crippen molar-refractivity contribution in [2.45, 2.75) is 19.8 Å². The normalized spacial score (nSPS) is 15.2. The fourth-order valence-corrected chi connectivity index (χ4v) is 12.6. The predicted octanol–water partition coefficient (Wildman–Crippen LogP) is 1.17. The van der Waals surface area contributed by atoms with Gasteiger partial charge in [-0.3, -0.25) is 0 Å². The molecule has 0 fully saturated rings. The molecular weight excluding hydrogens is 558 g/mol. The van der Waals surface area contributed by atoms with Gasteiger partial charge in [0.15, 0.2) is 0 Å². The second-order valence-electron chi connectivity index (χ2n) is 9.35. The molecule has 2 aliphatic rings. The second-order valence-corrected chi connectivity index (χ2v) is 15.1. The Hall–Kier alpha value is -2.31. The Balaban J connectivity index is 0.00000152. The van der Waals surface area contributed by atoms with Crippen LogP contribution in [0.5, 0.6) is 0 Å². The molecule has 0 aliphatic heterocycles. The SMILES string of the molecule is CC1C=C(c2ccccc2)C=[C]1[Zr+2](=[CH]Cc1ccccc1)[c]1cccc2c1Cc1ccccc1-2.[Cl-].[Cl-].